The zero-order valence-electron chi connectivity index (χ0n) is 22.2. The number of aromatic nitrogens is 1. The van der Waals surface area contributed by atoms with Crippen molar-refractivity contribution in [1.29, 1.82) is 0 Å². The Labute approximate surface area is 229 Å². The highest BCUT2D eigenvalue weighted by Crippen LogP contribution is 2.34. The number of likely N-dealkylation sites (N-methyl/N-ethyl adjacent to an activating group) is 1. The zero-order chi connectivity index (χ0) is 27.4. The molecule has 1 aliphatic rings. The van der Waals surface area contributed by atoms with Crippen LogP contribution in [0.4, 0.5) is 0 Å². The van der Waals surface area contributed by atoms with Crippen LogP contribution in [0.15, 0.2) is 78.9 Å². The van der Waals surface area contributed by atoms with E-state index in [0.717, 1.165) is 43.1 Å². The highest BCUT2D eigenvalue weighted by Gasteiger charge is 2.28. The van der Waals surface area contributed by atoms with E-state index in [1.54, 1.807) is 43.3 Å². The van der Waals surface area contributed by atoms with Crippen molar-refractivity contribution in [3.8, 4) is 11.4 Å². The van der Waals surface area contributed by atoms with Gasteiger partial charge in [-0.05, 0) is 49.9 Å². The summed E-state index contributed by atoms with van der Waals surface area (Å²) in [7, 11) is -1.81. The Bertz CT molecular complexity index is 1540. The Morgan fingerprint density at radius 1 is 0.897 bits per heavy atom. The fourth-order valence-corrected chi connectivity index (χ4v) is 6.06. The monoisotopic (exact) mass is 547 g/mol. The molecule has 1 aliphatic heterocycles. The molecule has 0 amide bonds. The predicted octanol–water partition coefficient (Wildman–Crippen LogP) is 4.46. The number of hydrogen-bond acceptors (Lipinski definition) is 7. The molecule has 1 fully saturated rings. The first-order chi connectivity index (χ1) is 18.8. The second kappa shape index (κ2) is 11.6. The molecule has 2 heterocycles. The van der Waals surface area contributed by atoms with Gasteiger partial charge in [0.15, 0.2) is 0 Å². The van der Waals surface area contributed by atoms with Gasteiger partial charge in [0, 0.05) is 43.8 Å². The molecule has 0 N–H and O–H groups in total. The van der Waals surface area contributed by atoms with Gasteiger partial charge in [-0.25, -0.2) is 4.79 Å². The number of nitrogens with zero attached hydrogens (tertiary/aromatic N) is 3. The number of esters is 1. The lowest BCUT2D eigenvalue weighted by molar-refractivity contribution is 0.0525. The Balaban J connectivity index is 1.61. The molecule has 0 spiro atoms. The quantitative estimate of drug-likeness (QED) is 0.226. The van der Waals surface area contributed by atoms with Crippen LogP contribution in [0.25, 0.3) is 16.6 Å². The molecule has 1 saturated heterocycles. The summed E-state index contributed by atoms with van der Waals surface area (Å²) in [5.41, 5.74) is 3.56. The van der Waals surface area contributed by atoms with Crippen LogP contribution in [0.3, 0.4) is 0 Å². The molecule has 3 aromatic carbocycles. The third-order valence-corrected chi connectivity index (χ3v) is 8.04. The van der Waals surface area contributed by atoms with Crippen molar-refractivity contribution in [2.75, 3.05) is 39.8 Å². The summed E-state index contributed by atoms with van der Waals surface area (Å²) in [5.74, 6) is -0.540. The number of para-hydroxylation sites is 1. The van der Waals surface area contributed by atoms with E-state index in [-0.39, 0.29) is 18.1 Å². The van der Waals surface area contributed by atoms with E-state index in [9.17, 15) is 13.2 Å². The van der Waals surface area contributed by atoms with Crippen molar-refractivity contribution < 1.29 is 22.1 Å². The molecule has 8 nitrogen and oxygen atoms in total. The van der Waals surface area contributed by atoms with Crippen molar-refractivity contribution in [2.24, 2.45) is 0 Å². The van der Waals surface area contributed by atoms with Crippen LogP contribution in [-0.4, -0.2) is 68.6 Å². The lowest BCUT2D eigenvalue weighted by atomic mass is 10.1. The van der Waals surface area contributed by atoms with E-state index in [2.05, 4.69) is 21.4 Å². The summed E-state index contributed by atoms with van der Waals surface area (Å²) in [6.07, 6.45) is 0. The van der Waals surface area contributed by atoms with Gasteiger partial charge in [0.05, 0.1) is 23.4 Å². The van der Waals surface area contributed by atoms with Gasteiger partial charge >= 0.3 is 16.1 Å². The third-order valence-electron chi connectivity index (χ3n) is 6.91. The Morgan fingerprint density at radius 2 is 1.56 bits per heavy atom. The van der Waals surface area contributed by atoms with Crippen molar-refractivity contribution in [3.63, 3.8) is 0 Å². The molecular formula is C30H33N3O5S. The number of carbonyl (C=O) groups excluding carboxylic acids is 1. The average molecular weight is 548 g/mol. The van der Waals surface area contributed by atoms with E-state index in [0.29, 0.717) is 23.1 Å². The molecule has 0 unspecified atom stereocenters. The van der Waals surface area contributed by atoms with Gasteiger partial charge in [-0.2, -0.15) is 8.42 Å². The maximum atomic E-state index is 13.4. The van der Waals surface area contributed by atoms with Crippen LogP contribution >= 0.6 is 0 Å². The summed E-state index contributed by atoms with van der Waals surface area (Å²) in [6.45, 7) is 6.19. The molecule has 9 heteroatoms. The van der Waals surface area contributed by atoms with Crippen molar-refractivity contribution in [2.45, 2.75) is 19.2 Å². The third kappa shape index (κ3) is 6.16. The van der Waals surface area contributed by atoms with Crippen LogP contribution in [0.1, 0.15) is 28.5 Å². The van der Waals surface area contributed by atoms with Crippen LogP contribution in [0, 0.1) is 0 Å². The number of fused-ring (bicyclic) bond motifs is 1. The highest BCUT2D eigenvalue weighted by atomic mass is 32.2. The van der Waals surface area contributed by atoms with Gasteiger partial charge in [-0.3, -0.25) is 4.90 Å². The number of ether oxygens (including phenoxy) is 1. The first-order valence-corrected chi connectivity index (χ1v) is 14.7. The predicted molar refractivity (Wildman–Crippen MR) is 152 cm³/mol. The van der Waals surface area contributed by atoms with Crippen LogP contribution in [0.5, 0.6) is 5.75 Å². The molecule has 0 aliphatic carbocycles. The molecule has 204 valence electrons. The van der Waals surface area contributed by atoms with E-state index < -0.39 is 16.1 Å². The van der Waals surface area contributed by atoms with Crippen LogP contribution in [0.2, 0.25) is 0 Å². The van der Waals surface area contributed by atoms with Gasteiger partial charge in [-0.15, -0.1) is 0 Å². The van der Waals surface area contributed by atoms with Gasteiger partial charge in [0.1, 0.15) is 11.5 Å². The van der Waals surface area contributed by atoms with Gasteiger partial charge in [0.25, 0.3) is 0 Å². The number of rotatable bonds is 9. The largest absolute Gasteiger partial charge is 0.462 e. The molecule has 4 aromatic rings. The smallest absolute Gasteiger partial charge is 0.340 e. The Kier molecular flexibility index (Phi) is 8.02. The maximum absolute atomic E-state index is 13.4. The van der Waals surface area contributed by atoms with E-state index in [4.69, 9.17) is 8.92 Å². The molecule has 0 radical (unpaired) electrons. The fourth-order valence-electron chi connectivity index (χ4n) is 5.00. The molecule has 0 bridgehead atoms. The fraction of sp³-hybridized carbons (Fsp3) is 0.300. The second-order valence-electron chi connectivity index (χ2n) is 9.74. The number of carbonyl (C=O) groups is 1. The second-order valence-corrected chi connectivity index (χ2v) is 11.3. The SMILES string of the molecule is CCOC(=O)c1c(CN2CCN(C)CC2)n(-c2ccccc2)c2ccc(OS(=O)(=O)Cc3ccccc3)cc12. The van der Waals surface area contributed by atoms with Gasteiger partial charge < -0.3 is 18.4 Å². The zero-order valence-corrected chi connectivity index (χ0v) is 23.1. The molecular weight excluding hydrogens is 514 g/mol. The maximum Gasteiger partial charge on any atom is 0.340 e. The summed E-state index contributed by atoms with van der Waals surface area (Å²) >= 11 is 0. The van der Waals surface area contributed by atoms with Gasteiger partial charge in [0.2, 0.25) is 0 Å². The topological polar surface area (TPSA) is 81.1 Å². The summed E-state index contributed by atoms with van der Waals surface area (Å²) in [5, 5.41) is 0.592. The summed E-state index contributed by atoms with van der Waals surface area (Å²) < 4.78 is 38.9. The standard InChI is InChI=1S/C30H33N3O5S/c1-3-37-30(34)29-26-20-25(38-39(35,36)22-23-10-6-4-7-11-23)14-15-27(26)33(24-12-8-5-9-13-24)28(29)21-32-18-16-31(2)17-19-32/h4-15,20H,3,16-19,21-22H2,1-2H3. The molecule has 5 rings (SSSR count). The number of piperazine rings is 1. The summed E-state index contributed by atoms with van der Waals surface area (Å²) in [4.78, 5) is 18.1. The lowest BCUT2D eigenvalue weighted by Crippen LogP contribution is -2.44. The first kappa shape index (κ1) is 26.9. The van der Waals surface area contributed by atoms with Gasteiger partial charge in [-0.1, -0.05) is 48.5 Å². The summed E-state index contributed by atoms with van der Waals surface area (Å²) in [6, 6.07) is 23.8. The molecule has 1 aromatic heterocycles. The van der Waals surface area contributed by atoms with Crippen LogP contribution < -0.4 is 4.18 Å². The van der Waals surface area contributed by atoms with Crippen molar-refractivity contribution >= 4 is 27.0 Å². The highest BCUT2D eigenvalue weighted by molar-refractivity contribution is 7.86. The van der Waals surface area contributed by atoms with Crippen LogP contribution in [-0.2, 0) is 27.2 Å². The van der Waals surface area contributed by atoms with E-state index >= 15 is 0 Å². The first-order valence-electron chi connectivity index (χ1n) is 13.1. The van der Waals surface area contributed by atoms with E-state index in [1.165, 1.54) is 0 Å². The minimum absolute atomic E-state index is 0.153. The number of benzene rings is 3. The molecule has 0 atom stereocenters. The minimum atomic E-state index is -3.92. The minimum Gasteiger partial charge on any atom is -0.462 e. The Morgan fingerprint density at radius 3 is 2.23 bits per heavy atom. The van der Waals surface area contributed by atoms with Crippen molar-refractivity contribution in [1.82, 2.24) is 14.4 Å². The number of hydrogen-bond donors (Lipinski definition) is 0. The Hall–Kier alpha value is -3.66. The lowest BCUT2D eigenvalue weighted by Gasteiger charge is -2.32. The molecule has 39 heavy (non-hydrogen) atoms. The van der Waals surface area contributed by atoms with Crippen molar-refractivity contribution in [3.05, 3.63) is 95.7 Å². The molecule has 0 saturated carbocycles. The average Bonchev–Trinajstić information content (AvgIpc) is 3.23. The van der Waals surface area contributed by atoms with E-state index in [1.807, 2.05) is 42.5 Å². The normalized spacial score (nSPS) is 14.9.